The van der Waals surface area contributed by atoms with Crippen LogP contribution in [0.1, 0.15) is 31.6 Å². The van der Waals surface area contributed by atoms with E-state index in [2.05, 4.69) is 18.8 Å². The lowest BCUT2D eigenvalue weighted by atomic mass is 10.1. The van der Waals surface area contributed by atoms with Crippen LogP contribution in [0.5, 0.6) is 0 Å². The van der Waals surface area contributed by atoms with Crippen LogP contribution in [-0.2, 0) is 11.2 Å². The molecule has 0 aromatic carbocycles. The van der Waals surface area contributed by atoms with E-state index in [0.29, 0.717) is 6.42 Å². The van der Waals surface area contributed by atoms with Crippen molar-refractivity contribution in [2.24, 2.45) is 0 Å². The van der Waals surface area contributed by atoms with Gasteiger partial charge in [-0.05, 0) is 18.9 Å². The second kappa shape index (κ2) is 5.70. The van der Waals surface area contributed by atoms with Gasteiger partial charge in [0.2, 0.25) is 0 Å². The van der Waals surface area contributed by atoms with Crippen molar-refractivity contribution in [1.29, 1.82) is 0 Å². The van der Waals surface area contributed by atoms with Crippen molar-refractivity contribution in [2.75, 3.05) is 0 Å². The molecule has 14 heavy (non-hydrogen) atoms. The Kier molecular flexibility index (Phi) is 4.53. The predicted molar refractivity (Wildman–Crippen MR) is 59.5 cm³/mol. The van der Waals surface area contributed by atoms with Crippen LogP contribution in [0.25, 0.3) is 0 Å². The van der Waals surface area contributed by atoms with Gasteiger partial charge in [-0.3, -0.25) is 9.78 Å². The van der Waals surface area contributed by atoms with Gasteiger partial charge in [-0.2, -0.15) is 0 Å². The van der Waals surface area contributed by atoms with Gasteiger partial charge in [0.05, 0.1) is 5.51 Å². The van der Waals surface area contributed by atoms with Gasteiger partial charge in [0.25, 0.3) is 0 Å². The van der Waals surface area contributed by atoms with Crippen molar-refractivity contribution in [2.45, 2.75) is 33.1 Å². The lowest BCUT2D eigenvalue weighted by Crippen LogP contribution is -1.98. The number of hydrogen-bond donors (Lipinski definition) is 0. The van der Waals surface area contributed by atoms with Crippen LogP contribution in [-0.4, -0.2) is 10.8 Å². The van der Waals surface area contributed by atoms with E-state index in [4.69, 9.17) is 0 Å². The van der Waals surface area contributed by atoms with E-state index < -0.39 is 0 Å². The number of aromatic nitrogens is 1. The van der Waals surface area contributed by atoms with E-state index in [1.807, 2.05) is 0 Å². The van der Waals surface area contributed by atoms with Gasteiger partial charge in [-0.1, -0.05) is 19.4 Å². The minimum Gasteiger partial charge on any atom is -0.294 e. The monoisotopic (exact) mass is 209 g/mol. The number of hydrogen-bond acceptors (Lipinski definition) is 3. The van der Waals surface area contributed by atoms with Crippen LogP contribution in [0.4, 0.5) is 0 Å². The zero-order valence-electron chi connectivity index (χ0n) is 8.62. The van der Waals surface area contributed by atoms with E-state index >= 15 is 0 Å². The number of carbonyl (C=O) groups is 1. The highest BCUT2D eigenvalue weighted by Gasteiger charge is 2.02. The second-order valence-corrected chi connectivity index (χ2v) is 4.09. The fourth-order valence-corrected chi connectivity index (χ4v) is 1.84. The Hall–Kier alpha value is -0.960. The Morgan fingerprint density at radius 2 is 2.21 bits per heavy atom. The topological polar surface area (TPSA) is 30.0 Å². The fourth-order valence-electron chi connectivity index (χ4n) is 1.23. The Bertz CT molecular complexity index is 308. The van der Waals surface area contributed by atoms with Gasteiger partial charge >= 0.3 is 0 Å². The Balaban J connectivity index is 2.54. The molecule has 2 nitrogen and oxygen atoms in total. The molecule has 0 saturated carbocycles. The third-order valence-corrected chi connectivity index (χ3v) is 2.88. The normalized spacial score (nSPS) is 9.86. The Morgan fingerprint density at radius 3 is 2.71 bits per heavy atom. The number of rotatable bonds is 5. The summed E-state index contributed by atoms with van der Waals surface area (Å²) in [6.45, 7) is 4.16. The van der Waals surface area contributed by atoms with Gasteiger partial charge in [-0.25, -0.2) is 0 Å². The average Bonchev–Trinajstić information content (AvgIpc) is 2.66. The lowest BCUT2D eigenvalue weighted by Gasteiger charge is -1.98. The van der Waals surface area contributed by atoms with Crippen LogP contribution < -0.4 is 0 Å². The maximum absolute atomic E-state index is 11.5. The van der Waals surface area contributed by atoms with Gasteiger partial charge in [0.15, 0.2) is 5.78 Å². The molecule has 1 heterocycles. The van der Waals surface area contributed by atoms with Crippen molar-refractivity contribution in [3.8, 4) is 0 Å². The first kappa shape index (κ1) is 11.1. The summed E-state index contributed by atoms with van der Waals surface area (Å²) in [6.07, 6.45) is 5.96. The molecule has 0 saturated heterocycles. The molecular weight excluding hydrogens is 194 g/mol. The zero-order valence-corrected chi connectivity index (χ0v) is 9.43. The number of carbonyl (C=O) groups excluding carboxylic acids is 1. The van der Waals surface area contributed by atoms with Gasteiger partial charge in [0, 0.05) is 17.5 Å². The highest BCUT2D eigenvalue weighted by molar-refractivity contribution is 7.09. The molecule has 1 aromatic rings. The van der Waals surface area contributed by atoms with Crippen molar-refractivity contribution < 1.29 is 4.79 Å². The number of allylic oxidation sites excluding steroid dienone is 2. The Labute approximate surface area is 88.7 Å². The molecule has 0 aliphatic carbocycles. The van der Waals surface area contributed by atoms with E-state index in [1.165, 1.54) is 16.9 Å². The number of thiazole rings is 1. The molecule has 0 bridgehead atoms. The first-order valence-corrected chi connectivity index (χ1v) is 5.73. The van der Waals surface area contributed by atoms with Crippen LogP contribution in [0.3, 0.4) is 0 Å². The zero-order chi connectivity index (χ0) is 10.4. The maximum Gasteiger partial charge on any atom is 0.160 e. The van der Waals surface area contributed by atoms with Crippen molar-refractivity contribution in [1.82, 2.24) is 4.98 Å². The summed E-state index contributed by atoms with van der Waals surface area (Å²) in [6, 6.07) is 0. The number of ketones is 1. The van der Waals surface area contributed by atoms with Crippen LogP contribution >= 0.6 is 11.3 Å². The Morgan fingerprint density at radius 1 is 1.50 bits per heavy atom. The molecule has 0 atom stereocenters. The quantitative estimate of drug-likeness (QED) is 0.698. The second-order valence-electron chi connectivity index (χ2n) is 3.12. The highest BCUT2D eigenvalue weighted by Crippen LogP contribution is 2.10. The largest absolute Gasteiger partial charge is 0.294 e. The summed E-state index contributed by atoms with van der Waals surface area (Å²) in [7, 11) is 0. The van der Waals surface area contributed by atoms with E-state index in [1.54, 1.807) is 17.8 Å². The molecule has 3 heteroatoms. The lowest BCUT2D eigenvalue weighted by molar-refractivity contribution is -0.114. The summed E-state index contributed by atoms with van der Waals surface area (Å²) in [4.78, 5) is 16.5. The smallest absolute Gasteiger partial charge is 0.160 e. The first-order valence-electron chi connectivity index (χ1n) is 4.85. The van der Waals surface area contributed by atoms with E-state index in [0.717, 1.165) is 17.7 Å². The third-order valence-electron chi connectivity index (χ3n) is 2.11. The first-order chi connectivity index (χ1) is 6.76. The molecule has 0 spiro atoms. The van der Waals surface area contributed by atoms with Crippen molar-refractivity contribution in [3.63, 3.8) is 0 Å². The molecule has 0 amide bonds. The molecule has 0 unspecified atom stereocenters. The molecule has 0 aliphatic rings. The maximum atomic E-state index is 11.5. The summed E-state index contributed by atoms with van der Waals surface area (Å²) < 4.78 is 0. The summed E-state index contributed by atoms with van der Waals surface area (Å²) in [5, 5.41) is 0. The van der Waals surface area contributed by atoms with E-state index in [9.17, 15) is 4.79 Å². The summed E-state index contributed by atoms with van der Waals surface area (Å²) in [5.41, 5.74) is 2.98. The average molecular weight is 209 g/mol. The van der Waals surface area contributed by atoms with Crippen LogP contribution in [0, 0.1) is 0 Å². The van der Waals surface area contributed by atoms with Crippen molar-refractivity contribution in [3.05, 3.63) is 28.2 Å². The third kappa shape index (κ3) is 3.42. The highest BCUT2D eigenvalue weighted by atomic mass is 32.1. The molecule has 0 radical (unpaired) electrons. The minimum atomic E-state index is 0.188. The molecular formula is C11H15NOS. The molecule has 0 aliphatic heterocycles. The molecule has 1 aromatic heterocycles. The standard InChI is InChI=1S/C11H15NOS/c1-3-9(4-2)5-10(13)6-11-7-12-8-14-11/h5,7-8H,3-4,6H2,1-2H3. The van der Waals surface area contributed by atoms with E-state index in [-0.39, 0.29) is 5.78 Å². The molecule has 76 valence electrons. The summed E-state index contributed by atoms with van der Waals surface area (Å²) in [5.74, 6) is 0.188. The fraction of sp³-hybridized carbons (Fsp3) is 0.455. The number of nitrogens with zero attached hydrogens (tertiary/aromatic N) is 1. The molecule has 1 rings (SSSR count). The summed E-state index contributed by atoms with van der Waals surface area (Å²) >= 11 is 1.53. The molecule has 0 fully saturated rings. The van der Waals surface area contributed by atoms with Crippen LogP contribution in [0.2, 0.25) is 0 Å². The van der Waals surface area contributed by atoms with Crippen molar-refractivity contribution >= 4 is 17.1 Å². The predicted octanol–water partition coefficient (Wildman–Crippen LogP) is 3.00. The SMILES string of the molecule is CCC(=CC(=O)Cc1cncs1)CC. The van der Waals surface area contributed by atoms with Gasteiger partial charge < -0.3 is 0 Å². The molecule has 0 N–H and O–H groups in total. The van der Waals surface area contributed by atoms with Gasteiger partial charge in [-0.15, -0.1) is 11.3 Å². The minimum absolute atomic E-state index is 0.188. The van der Waals surface area contributed by atoms with Crippen LogP contribution in [0.15, 0.2) is 23.4 Å². The van der Waals surface area contributed by atoms with Gasteiger partial charge in [0.1, 0.15) is 0 Å².